The number of nitrogens with two attached hydrogens (primary N) is 1. The van der Waals surface area contributed by atoms with Crippen molar-refractivity contribution in [2.75, 3.05) is 19.6 Å². The number of ether oxygens (including phenoxy) is 1. The summed E-state index contributed by atoms with van der Waals surface area (Å²) < 4.78 is 5.44. The Hall–Kier alpha value is -0.770. The number of rotatable bonds is 2. The zero-order valence-electron chi connectivity index (χ0n) is 13.4. The second kappa shape index (κ2) is 5.55. The molecule has 4 heteroatoms. The van der Waals surface area contributed by atoms with E-state index < -0.39 is 5.60 Å². The molecule has 116 valence electrons. The quantitative estimate of drug-likeness (QED) is 0.847. The Balaban J connectivity index is 1.85. The number of nitrogens with zero attached hydrogens (tertiary/aromatic N) is 1. The van der Waals surface area contributed by atoms with Gasteiger partial charge < -0.3 is 15.4 Å². The normalized spacial score (nSPS) is 31.9. The molecule has 1 aliphatic carbocycles. The SMILES string of the molecule is CC1CC(CN)(C2CCN(C(=O)OC(C)(C)C)CC2)C1. The van der Waals surface area contributed by atoms with Crippen LogP contribution in [0.15, 0.2) is 0 Å². The van der Waals surface area contributed by atoms with Gasteiger partial charge in [-0.1, -0.05) is 6.92 Å². The van der Waals surface area contributed by atoms with Crippen molar-refractivity contribution in [1.29, 1.82) is 0 Å². The third-order valence-electron chi connectivity index (χ3n) is 4.93. The highest BCUT2D eigenvalue weighted by molar-refractivity contribution is 5.68. The second-order valence-corrected chi connectivity index (χ2v) is 7.82. The van der Waals surface area contributed by atoms with Crippen molar-refractivity contribution in [2.45, 2.75) is 59.0 Å². The number of likely N-dealkylation sites (tertiary alicyclic amines) is 1. The van der Waals surface area contributed by atoms with E-state index in [2.05, 4.69) is 6.92 Å². The van der Waals surface area contributed by atoms with Gasteiger partial charge in [-0.15, -0.1) is 0 Å². The average molecular weight is 282 g/mol. The predicted octanol–water partition coefficient (Wildman–Crippen LogP) is 3.01. The Morgan fingerprint density at radius 1 is 1.30 bits per heavy atom. The molecule has 2 fully saturated rings. The van der Waals surface area contributed by atoms with Gasteiger partial charge in [0.15, 0.2) is 0 Å². The Morgan fingerprint density at radius 2 is 1.85 bits per heavy atom. The lowest BCUT2D eigenvalue weighted by Crippen LogP contribution is -2.52. The van der Waals surface area contributed by atoms with Gasteiger partial charge in [-0.3, -0.25) is 0 Å². The number of carbonyl (C=O) groups is 1. The number of piperidine rings is 1. The maximum Gasteiger partial charge on any atom is 0.410 e. The van der Waals surface area contributed by atoms with Crippen molar-refractivity contribution in [2.24, 2.45) is 23.0 Å². The molecule has 2 N–H and O–H groups in total. The molecule has 2 aliphatic rings. The zero-order valence-corrected chi connectivity index (χ0v) is 13.4. The minimum absolute atomic E-state index is 0.167. The summed E-state index contributed by atoms with van der Waals surface area (Å²) in [5.74, 6) is 1.50. The summed E-state index contributed by atoms with van der Waals surface area (Å²) in [6, 6.07) is 0. The average Bonchev–Trinajstić information content (AvgIpc) is 2.33. The molecule has 20 heavy (non-hydrogen) atoms. The summed E-state index contributed by atoms with van der Waals surface area (Å²) in [6.07, 6.45) is 4.51. The first kappa shape index (κ1) is 15.6. The third kappa shape index (κ3) is 3.27. The molecule has 0 radical (unpaired) electrons. The summed E-state index contributed by atoms with van der Waals surface area (Å²) in [4.78, 5) is 13.9. The van der Waals surface area contributed by atoms with E-state index in [0.717, 1.165) is 38.4 Å². The van der Waals surface area contributed by atoms with Gasteiger partial charge in [0, 0.05) is 13.1 Å². The van der Waals surface area contributed by atoms with E-state index in [9.17, 15) is 4.79 Å². The third-order valence-corrected chi connectivity index (χ3v) is 4.93. The van der Waals surface area contributed by atoms with Crippen LogP contribution in [-0.2, 0) is 4.74 Å². The molecular formula is C16H30N2O2. The smallest absolute Gasteiger partial charge is 0.410 e. The number of amides is 1. The van der Waals surface area contributed by atoms with Gasteiger partial charge in [-0.25, -0.2) is 4.79 Å². The largest absolute Gasteiger partial charge is 0.444 e. The van der Waals surface area contributed by atoms with Gasteiger partial charge in [0.05, 0.1) is 0 Å². The van der Waals surface area contributed by atoms with Gasteiger partial charge in [0.2, 0.25) is 0 Å². The molecule has 0 aromatic rings. The summed E-state index contributed by atoms with van der Waals surface area (Å²) >= 11 is 0. The number of hydrogen-bond donors (Lipinski definition) is 1. The van der Waals surface area contributed by atoms with Gasteiger partial charge in [0.25, 0.3) is 0 Å². The summed E-state index contributed by atoms with van der Waals surface area (Å²) in [5, 5.41) is 0. The molecule has 0 bridgehead atoms. The van der Waals surface area contributed by atoms with Crippen LogP contribution >= 0.6 is 0 Å². The van der Waals surface area contributed by atoms with Crippen molar-refractivity contribution in [3.05, 3.63) is 0 Å². The van der Waals surface area contributed by atoms with Crippen LogP contribution in [0.4, 0.5) is 4.79 Å². The van der Waals surface area contributed by atoms with Crippen LogP contribution in [0.5, 0.6) is 0 Å². The summed E-state index contributed by atoms with van der Waals surface area (Å²) in [5.41, 5.74) is 5.99. The molecule has 1 saturated carbocycles. The second-order valence-electron chi connectivity index (χ2n) is 7.82. The lowest BCUT2D eigenvalue weighted by molar-refractivity contribution is -0.0296. The van der Waals surface area contributed by atoms with Crippen LogP contribution in [-0.4, -0.2) is 36.2 Å². The lowest BCUT2D eigenvalue weighted by atomic mass is 9.54. The van der Waals surface area contributed by atoms with E-state index in [1.807, 2.05) is 25.7 Å². The number of carbonyl (C=O) groups excluding carboxylic acids is 1. The minimum Gasteiger partial charge on any atom is -0.444 e. The molecule has 1 heterocycles. The Kier molecular flexibility index (Phi) is 4.33. The van der Waals surface area contributed by atoms with Crippen molar-refractivity contribution in [1.82, 2.24) is 4.90 Å². The molecule has 0 aromatic heterocycles. The molecule has 0 unspecified atom stereocenters. The van der Waals surface area contributed by atoms with E-state index in [1.54, 1.807) is 0 Å². The molecule has 0 atom stereocenters. The Morgan fingerprint density at radius 3 is 2.25 bits per heavy atom. The molecule has 0 aromatic carbocycles. The van der Waals surface area contributed by atoms with E-state index in [-0.39, 0.29) is 6.09 Å². The van der Waals surface area contributed by atoms with Gasteiger partial charge in [0.1, 0.15) is 5.60 Å². The maximum absolute atomic E-state index is 12.1. The minimum atomic E-state index is -0.407. The van der Waals surface area contributed by atoms with E-state index in [0.29, 0.717) is 11.3 Å². The van der Waals surface area contributed by atoms with Gasteiger partial charge in [-0.05, 0) is 70.3 Å². The fourth-order valence-corrected chi connectivity index (χ4v) is 4.00. The standard InChI is InChI=1S/C16H30N2O2/c1-12-9-16(10-12,11-17)13-5-7-18(8-6-13)14(19)20-15(2,3)4/h12-13H,5-11,17H2,1-4H3. The fourth-order valence-electron chi connectivity index (χ4n) is 4.00. The lowest BCUT2D eigenvalue weighted by Gasteiger charge is -2.53. The van der Waals surface area contributed by atoms with E-state index in [4.69, 9.17) is 10.5 Å². The van der Waals surface area contributed by atoms with Crippen LogP contribution in [0.2, 0.25) is 0 Å². The van der Waals surface area contributed by atoms with Crippen molar-refractivity contribution in [3.8, 4) is 0 Å². The first-order valence-electron chi connectivity index (χ1n) is 7.94. The predicted molar refractivity (Wildman–Crippen MR) is 80.4 cm³/mol. The van der Waals surface area contributed by atoms with Crippen molar-refractivity contribution in [3.63, 3.8) is 0 Å². The molecule has 1 amide bonds. The topological polar surface area (TPSA) is 55.6 Å². The van der Waals surface area contributed by atoms with Crippen LogP contribution in [0, 0.1) is 17.3 Å². The molecule has 0 spiro atoms. The van der Waals surface area contributed by atoms with E-state index in [1.165, 1.54) is 12.8 Å². The zero-order chi connectivity index (χ0) is 15.0. The maximum atomic E-state index is 12.1. The first-order chi connectivity index (χ1) is 9.26. The van der Waals surface area contributed by atoms with Gasteiger partial charge >= 0.3 is 6.09 Å². The van der Waals surface area contributed by atoms with E-state index >= 15 is 0 Å². The summed E-state index contributed by atoms with van der Waals surface area (Å²) in [6.45, 7) is 10.5. The van der Waals surface area contributed by atoms with Gasteiger partial charge in [-0.2, -0.15) is 0 Å². The highest BCUT2D eigenvalue weighted by Gasteiger charge is 2.47. The molecule has 4 nitrogen and oxygen atoms in total. The Labute approximate surface area is 123 Å². The summed E-state index contributed by atoms with van der Waals surface area (Å²) in [7, 11) is 0. The highest BCUT2D eigenvalue weighted by atomic mass is 16.6. The van der Waals surface area contributed by atoms with Crippen molar-refractivity contribution < 1.29 is 9.53 Å². The van der Waals surface area contributed by atoms with Crippen LogP contribution in [0.1, 0.15) is 53.4 Å². The fraction of sp³-hybridized carbons (Fsp3) is 0.938. The van der Waals surface area contributed by atoms with Crippen LogP contribution in [0.25, 0.3) is 0 Å². The first-order valence-corrected chi connectivity index (χ1v) is 7.94. The highest BCUT2D eigenvalue weighted by Crippen LogP contribution is 2.53. The molecule has 1 aliphatic heterocycles. The molecule has 1 saturated heterocycles. The van der Waals surface area contributed by atoms with Crippen LogP contribution in [0.3, 0.4) is 0 Å². The monoisotopic (exact) mass is 282 g/mol. The number of hydrogen-bond acceptors (Lipinski definition) is 3. The molecular weight excluding hydrogens is 252 g/mol. The van der Waals surface area contributed by atoms with Crippen LogP contribution < -0.4 is 5.73 Å². The molecule has 2 rings (SSSR count). The Bertz CT molecular complexity index is 348. The van der Waals surface area contributed by atoms with Crippen molar-refractivity contribution >= 4 is 6.09 Å².